The number of hydrogen-bond acceptors (Lipinski definition) is 2. The number of H-pyrrole nitrogens is 1. The zero-order valence-corrected chi connectivity index (χ0v) is 11.3. The number of aromatic nitrogens is 2. The molecule has 1 unspecified atom stereocenters. The Morgan fingerprint density at radius 1 is 1.05 bits per heavy atom. The van der Waals surface area contributed by atoms with Gasteiger partial charge < -0.3 is 10.3 Å². The molecule has 1 aromatic heterocycles. The SMILES string of the molecule is c1ccc2cc(-c3cnc(C4CCCN4)[nH]3)ccc2c1. The molecule has 2 N–H and O–H groups in total. The summed E-state index contributed by atoms with van der Waals surface area (Å²) in [4.78, 5) is 8.00. The van der Waals surface area contributed by atoms with Crippen molar-refractivity contribution in [2.45, 2.75) is 18.9 Å². The van der Waals surface area contributed by atoms with Crippen LogP contribution in [-0.2, 0) is 0 Å². The van der Waals surface area contributed by atoms with E-state index in [4.69, 9.17) is 0 Å². The van der Waals surface area contributed by atoms with Gasteiger partial charge in [0.05, 0.1) is 17.9 Å². The van der Waals surface area contributed by atoms with Crippen molar-refractivity contribution in [1.29, 1.82) is 0 Å². The molecule has 100 valence electrons. The summed E-state index contributed by atoms with van der Waals surface area (Å²) in [5.41, 5.74) is 2.29. The van der Waals surface area contributed by atoms with Crippen LogP contribution < -0.4 is 5.32 Å². The summed E-state index contributed by atoms with van der Waals surface area (Å²) in [6.07, 6.45) is 4.35. The fourth-order valence-corrected chi connectivity index (χ4v) is 2.94. The first-order chi connectivity index (χ1) is 9.90. The van der Waals surface area contributed by atoms with Gasteiger partial charge in [0.25, 0.3) is 0 Å². The molecule has 0 spiro atoms. The van der Waals surface area contributed by atoms with Gasteiger partial charge in [-0.15, -0.1) is 0 Å². The van der Waals surface area contributed by atoms with Crippen LogP contribution in [0.1, 0.15) is 24.7 Å². The van der Waals surface area contributed by atoms with E-state index in [-0.39, 0.29) is 0 Å². The Balaban J connectivity index is 1.71. The minimum absolute atomic E-state index is 0.393. The molecular formula is C17H17N3. The number of fused-ring (bicyclic) bond motifs is 1. The van der Waals surface area contributed by atoms with Crippen LogP contribution in [0.5, 0.6) is 0 Å². The lowest BCUT2D eigenvalue weighted by Crippen LogP contribution is -2.14. The van der Waals surface area contributed by atoms with Crippen LogP contribution in [0.4, 0.5) is 0 Å². The Bertz CT molecular complexity index is 739. The van der Waals surface area contributed by atoms with Crippen LogP contribution in [-0.4, -0.2) is 16.5 Å². The third kappa shape index (κ3) is 2.00. The van der Waals surface area contributed by atoms with Crippen molar-refractivity contribution in [1.82, 2.24) is 15.3 Å². The minimum Gasteiger partial charge on any atom is -0.341 e. The van der Waals surface area contributed by atoms with Gasteiger partial charge in [0.15, 0.2) is 0 Å². The van der Waals surface area contributed by atoms with Crippen LogP contribution in [0.25, 0.3) is 22.0 Å². The summed E-state index contributed by atoms with van der Waals surface area (Å²) in [5.74, 6) is 1.06. The van der Waals surface area contributed by atoms with Crippen molar-refractivity contribution < 1.29 is 0 Å². The summed E-state index contributed by atoms with van der Waals surface area (Å²) in [5, 5.41) is 6.01. The molecule has 20 heavy (non-hydrogen) atoms. The molecule has 3 nitrogen and oxygen atoms in total. The first kappa shape index (κ1) is 11.7. The summed E-state index contributed by atoms with van der Waals surface area (Å²) in [6.45, 7) is 1.09. The predicted octanol–water partition coefficient (Wildman–Crippen LogP) is 3.65. The molecule has 1 atom stereocenters. The molecule has 0 aliphatic carbocycles. The Morgan fingerprint density at radius 2 is 1.95 bits per heavy atom. The fourth-order valence-electron chi connectivity index (χ4n) is 2.94. The lowest BCUT2D eigenvalue weighted by Gasteiger charge is -2.05. The first-order valence-corrected chi connectivity index (χ1v) is 7.18. The van der Waals surface area contributed by atoms with Crippen LogP contribution >= 0.6 is 0 Å². The van der Waals surface area contributed by atoms with E-state index in [1.807, 2.05) is 6.20 Å². The first-order valence-electron chi connectivity index (χ1n) is 7.18. The number of hydrogen-bond donors (Lipinski definition) is 2. The Morgan fingerprint density at radius 3 is 2.80 bits per heavy atom. The molecule has 1 aliphatic rings. The van der Waals surface area contributed by atoms with Gasteiger partial charge in [-0.1, -0.05) is 36.4 Å². The highest BCUT2D eigenvalue weighted by atomic mass is 15.0. The molecular weight excluding hydrogens is 246 g/mol. The van der Waals surface area contributed by atoms with Gasteiger partial charge in [-0.3, -0.25) is 0 Å². The monoisotopic (exact) mass is 263 g/mol. The highest BCUT2D eigenvalue weighted by Crippen LogP contribution is 2.26. The van der Waals surface area contributed by atoms with E-state index in [9.17, 15) is 0 Å². The summed E-state index contributed by atoms with van der Waals surface area (Å²) >= 11 is 0. The standard InChI is InChI=1S/C17H17N3/c1-2-5-13-10-14(8-7-12(13)4-1)16-11-19-17(20-16)15-6-3-9-18-15/h1-2,4-5,7-8,10-11,15,18H,3,6,9H2,(H,19,20). The number of nitrogens with one attached hydrogen (secondary N) is 2. The Labute approximate surface area is 118 Å². The van der Waals surface area contributed by atoms with Gasteiger partial charge >= 0.3 is 0 Å². The second kappa shape index (κ2) is 4.76. The molecule has 1 saturated heterocycles. The maximum Gasteiger partial charge on any atom is 0.123 e. The van der Waals surface area contributed by atoms with Crippen molar-refractivity contribution in [3.63, 3.8) is 0 Å². The van der Waals surface area contributed by atoms with Crippen LogP contribution in [0, 0.1) is 0 Å². The predicted molar refractivity (Wildman–Crippen MR) is 81.5 cm³/mol. The minimum atomic E-state index is 0.393. The lowest BCUT2D eigenvalue weighted by atomic mass is 10.1. The third-order valence-electron chi connectivity index (χ3n) is 4.05. The summed E-state index contributed by atoms with van der Waals surface area (Å²) in [7, 11) is 0. The van der Waals surface area contributed by atoms with Crippen LogP contribution in [0.2, 0.25) is 0 Å². The van der Waals surface area contributed by atoms with Crippen molar-refractivity contribution in [3.8, 4) is 11.3 Å². The number of imidazole rings is 1. The second-order valence-corrected chi connectivity index (χ2v) is 5.39. The molecule has 0 bridgehead atoms. The van der Waals surface area contributed by atoms with E-state index >= 15 is 0 Å². The third-order valence-corrected chi connectivity index (χ3v) is 4.05. The van der Waals surface area contributed by atoms with E-state index < -0.39 is 0 Å². The maximum atomic E-state index is 4.54. The number of nitrogens with zero attached hydrogens (tertiary/aromatic N) is 1. The van der Waals surface area contributed by atoms with E-state index in [1.165, 1.54) is 29.2 Å². The Hall–Kier alpha value is -2.13. The molecule has 2 aromatic carbocycles. The molecule has 0 saturated carbocycles. The highest BCUT2D eigenvalue weighted by molar-refractivity contribution is 5.86. The van der Waals surface area contributed by atoms with Crippen molar-refractivity contribution in [2.75, 3.05) is 6.54 Å². The molecule has 0 radical (unpaired) electrons. The average Bonchev–Trinajstić information content (AvgIpc) is 3.17. The summed E-state index contributed by atoms with van der Waals surface area (Å²) < 4.78 is 0. The van der Waals surface area contributed by atoms with Crippen molar-refractivity contribution >= 4 is 10.8 Å². The van der Waals surface area contributed by atoms with E-state index in [0.717, 1.165) is 18.1 Å². The lowest BCUT2D eigenvalue weighted by molar-refractivity contribution is 0.613. The van der Waals surface area contributed by atoms with E-state index in [1.54, 1.807) is 0 Å². The smallest absolute Gasteiger partial charge is 0.123 e. The topological polar surface area (TPSA) is 40.7 Å². The molecule has 2 heterocycles. The van der Waals surface area contributed by atoms with E-state index in [0.29, 0.717) is 6.04 Å². The molecule has 0 amide bonds. The second-order valence-electron chi connectivity index (χ2n) is 5.39. The van der Waals surface area contributed by atoms with E-state index in [2.05, 4.69) is 57.7 Å². The zero-order chi connectivity index (χ0) is 13.4. The van der Waals surface area contributed by atoms with Gasteiger partial charge in [-0.2, -0.15) is 0 Å². The highest BCUT2D eigenvalue weighted by Gasteiger charge is 2.19. The normalized spacial score (nSPS) is 18.7. The molecule has 3 aromatic rings. The average molecular weight is 263 g/mol. The fraction of sp³-hybridized carbons (Fsp3) is 0.235. The van der Waals surface area contributed by atoms with Gasteiger partial charge in [0.2, 0.25) is 0 Å². The van der Waals surface area contributed by atoms with Gasteiger partial charge in [-0.25, -0.2) is 4.98 Å². The molecule has 3 heteroatoms. The Kier molecular flexibility index (Phi) is 2.78. The molecule has 1 aliphatic heterocycles. The van der Waals surface area contributed by atoms with Crippen molar-refractivity contribution in [3.05, 3.63) is 54.5 Å². The van der Waals surface area contributed by atoms with Gasteiger partial charge in [0.1, 0.15) is 5.82 Å². The number of benzene rings is 2. The van der Waals surface area contributed by atoms with Crippen LogP contribution in [0.3, 0.4) is 0 Å². The largest absolute Gasteiger partial charge is 0.341 e. The molecule has 1 fully saturated rings. The molecule has 4 rings (SSSR count). The number of aromatic amines is 1. The maximum absolute atomic E-state index is 4.54. The number of rotatable bonds is 2. The van der Waals surface area contributed by atoms with Gasteiger partial charge in [0, 0.05) is 5.56 Å². The van der Waals surface area contributed by atoms with Crippen LogP contribution in [0.15, 0.2) is 48.7 Å². The quantitative estimate of drug-likeness (QED) is 0.741. The van der Waals surface area contributed by atoms with Crippen molar-refractivity contribution in [2.24, 2.45) is 0 Å². The van der Waals surface area contributed by atoms with Gasteiger partial charge in [-0.05, 0) is 36.2 Å². The zero-order valence-electron chi connectivity index (χ0n) is 11.3. The summed E-state index contributed by atoms with van der Waals surface area (Å²) in [6, 6.07) is 15.4.